The van der Waals surface area contributed by atoms with Crippen molar-refractivity contribution in [3.8, 4) is 0 Å². The summed E-state index contributed by atoms with van der Waals surface area (Å²) in [5, 5.41) is 12.3. The van der Waals surface area contributed by atoms with E-state index in [1.807, 2.05) is 0 Å². The monoisotopic (exact) mass is 184 g/mol. The second kappa shape index (κ2) is 4.40. The van der Waals surface area contributed by atoms with Crippen molar-refractivity contribution in [1.82, 2.24) is 10.2 Å². The van der Waals surface area contributed by atoms with E-state index in [-0.39, 0.29) is 0 Å². The molecule has 1 saturated heterocycles. The number of nitrogens with zero attached hydrogens (tertiary/aromatic N) is 1. The van der Waals surface area contributed by atoms with E-state index in [4.69, 9.17) is 5.11 Å². The Kier molecular flexibility index (Phi) is 3.19. The Balaban J connectivity index is 1.74. The van der Waals surface area contributed by atoms with Gasteiger partial charge in [0.1, 0.15) is 0 Å². The Bertz CT molecular complexity index is 153. The van der Waals surface area contributed by atoms with Crippen LogP contribution in [0.3, 0.4) is 0 Å². The molecule has 1 heterocycles. The van der Waals surface area contributed by atoms with Crippen molar-refractivity contribution in [1.29, 1.82) is 0 Å². The number of nitrogens with one attached hydrogen (secondary N) is 1. The summed E-state index contributed by atoms with van der Waals surface area (Å²) < 4.78 is 0. The van der Waals surface area contributed by atoms with Crippen molar-refractivity contribution in [3.63, 3.8) is 0 Å². The van der Waals surface area contributed by atoms with Gasteiger partial charge in [-0.15, -0.1) is 0 Å². The molecule has 3 nitrogen and oxygen atoms in total. The Morgan fingerprint density at radius 2 is 2.15 bits per heavy atom. The first-order chi connectivity index (χ1) is 6.40. The molecule has 1 atom stereocenters. The first kappa shape index (κ1) is 9.44. The van der Waals surface area contributed by atoms with Crippen molar-refractivity contribution >= 4 is 0 Å². The van der Waals surface area contributed by atoms with Crippen LogP contribution in [0.4, 0.5) is 0 Å². The lowest BCUT2D eigenvalue weighted by molar-refractivity contribution is 0.171. The molecule has 0 aromatic carbocycles. The molecular formula is C10H20N2O. The normalized spacial score (nSPS) is 28.6. The first-order valence-electron chi connectivity index (χ1n) is 5.46. The lowest BCUT2D eigenvalue weighted by Gasteiger charge is -2.23. The molecule has 3 heteroatoms. The van der Waals surface area contributed by atoms with Crippen molar-refractivity contribution < 1.29 is 5.11 Å². The topological polar surface area (TPSA) is 35.5 Å². The van der Waals surface area contributed by atoms with E-state index in [0.717, 1.165) is 18.5 Å². The lowest BCUT2D eigenvalue weighted by atomic mass is 10.1. The number of aliphatic hydroxyl groups excluding tert-OH is 1. The van der Waals surface area contributed by atoms with Crippen LogP contribution in [0.2, 0.25) is 0 Å². The summed E-state index contributed by atoms with van der Waals surface area (Å²) in [6.07, 6.45) is 4.01. The molecule has 0 spiro atoms. The van der Waals surface area contributed by atoms with Gasteiger partial charge in [-0.2, -0.15) is 0 Å². The van der Waals surface area contributed by atoms with E-state index in [1.54, 1.807) is 0 Å². The molecule has 2 aliphatic rings. The van der Waals surface area contributed by atoms with Crippen LogP contribution in [0.15, 0.2) is 0 Å². The average Bonchev–Trinajstić information content (AvgIpc) is 2.85. The molecule has 1 aliphatic carbocycles. The number of hydrogen-bond donors (Lipinski definition) is 2. The minimum Gasteiger partial charge on any atom is -0.395 e. The predicted octanol–water partition coefficient (Wildman–Crippen LogP) is 0.0526. The van der Waals surface area contributed by atoms with Gasteiger partial charge in [-0.25, -0.2) is 0 Å². The minimum atomic E-state index is 0.316. The summed E-state index contributed by atoms with van der Waals surface area (Å²) in [5.41, 5.74) is 0. The van der Waals surface area contributed by atoms with Crippen molar-refractivity contribution in [2.75, 3.05) is 32.8 Å². The Hall–Kier alpha value is -0.120. The van der Waals surface area contributed by atoms with Crippen LogP contribution in [0.5, 0.6) is 0 Å². The van der Waals surface area contributed by atoms with Crippen LogP contribution in [0, 0.1) is 5.92 Å². The first-order valence-corrected chi connectivity index (χ1v) is 5.46. The second-order valence-electron chi connectivity index (χ2n) is 4.31. The van der Waals surface area contributed by atoms with Gasteiger partial charge in [0.05, 0.1) is 6.61 Å². The van der Waals surface area contributed by atoms with Crippen LogP contribution in [-0.4, -0.2) is 48.8 Å². The maximum atomic E-state index is 8.93. The molecule has 0 bridgehead atoms. The van der Waals surface area contributed by atoms with E-state index in [2.05, 4.69) is 10.2 Å². The van der Waals surface area contributed by atoms with Gasteiger partial charge in [-0.3, -0.25) is 4.90 Å². The highest BCUT2D eigenvalue weighted by molar-refractivity contribution is 4.86. The molecule has 1 saturated carbocycles. The zero-order valence-electron chi connectivity index (χ0n) is 8.21. The smallest absolute Gasteiger partial charge is 0.0558 e. The Morgan fingerprint density at radius 1 is 1.31 bits per heavy atom. The molecule has 0 amide bonds. The molecule has 13 heavy (non-hydrogen) atoms. The minimum absolute atomic E-state index is 0.316. The van der Waals surface area contributed by atoms with Gasteiger partial charge in [0.2, 0.25) is 0 Å². The van der Waals surface area contributed by atoms with Gasteiger partial charge < -0.3 is 10.4 Å². The van der Waals surface area contributed by atoms with E-state index in [9.17, 15) is 0 Å². The van der Waals surface area contributed by atoms with Crippen molar-refractivity contribution in [3.05, 3.63) is 0 Å². The maximum absolute atomic E-state index is 8.93. The number of hydrogen-bond acceptors (Lipinski definition) is 3. The van der Waals surface area contributed by atoms with Gasteiger partial charge in [0.25, 0.3) is 0 Å². The summed E-state index contributed by atoms with van der Waals surface area (Å²) >= 11 is 0. The third-order valence-electron chi connectivity index (χ3n) is 3.11. The number of rotatable bonds is 5. The van der Waals surface area contributed by atoms with Crippen LogP contribution < -0.4 is 5.32 Å². The molecule has 0 radical (unpaired) electrons. The largest absolute Gasteiger partial charge is 0.395 e. The molecule has 1 aliphatic heterocycles. The van der Waals surface area contributed by atoms with Crippen molar-refractivity contribution in [2.45, 2.75) is 25.3 Å². The van der Waals surface area contributed by atoms with Crippen LogP contribution in [-0.2, 0) is 0 Å². The van der Waals surface area contributed by atoms with Gasteiger partial charge in [0, 0.05) is 19.1 Å². The zero-order valence-corrected chi connectivity index (χ0v) is 8.21. The summed E-state index contributed by atoms with van der Waals surface area (Å²) in [6.45, 7) is 4.74. The van der Waals surface area contributed by atoms with Gasteiger partial charge >= 0.3 is 0 Å². The highest BCUT2D eigenvalue weighted by Crippen LogP contribution is 2.27. The highest BCUT2D eigenvalue weighted by Gasteiger charge is 2.30. The molecule has 0 aromatic rings. The van der Waals surface area contributed by atoms with Crippen LogP contribution >= 0.6 is 0 Å². The van der Waals surface area contributed by atoms with E-state index in [0.29, 0.717) is 6.61 Å². The maximum Gasteiger partial charge on any atom is 0.0558 e. The third-order valence-corrected chi connectivity index (χ3v) is 3.11. The zero-order chi connectivity index (χ0) is 9.10. The average molecular weight is 184 g/mol. The third kappa shape index (κ3) is 2.66. The summed E-state index contributed by atoms with van der Waals surface area (Å²) in [4.78, 5) is 2.47. The lowest BCUT2D eigenvalue weighted by Crippen LogP contribution is -2.34. The number of aliphatic hydroxyl groups is 1. The standard InChI is InChI=1S/C10H20N2O/c13-6-5-12(10-1-2-10)8-9-3-4-11-7-9/h9-11,13H,1-8H2. The van der Waals surface area contributed by atoms with Gasteiger partial charge in [-0.05, 0) is 38.3 Å². The SMILES string of the molecule is OCCN(CC1CCNC1)C1CC1. The van der Waals surface area contributed by atoms with Crippen LogP contribution in [0.1, 0.15) is 19.3 Å². The molecule has 2 N–H and O–H groups in total. The second-order valence-corrected chi connectivity index (χ2v) is 4.31. The molecule has 1 unspecified atom stereocenters. The molecule has 2 rings (SSSR count). The van der Waals surface area contributed by atoms with Crippen LogP contribution in [0.25, 0.3) is 0 Å². The summed E-state index contributed by atoms with van der Waals surface area (Å²) in [5.74, 6) is 0.826. The fraction of sp³-hybridized carbons (Fsp3) is 1.00. The summed E-state index contributed by atoms with van der Waals surface area (Å²) in [7, 11) is 0. The highest BCUT2D eigenvalue weighted by atomic mass is 16.3. The molecular weight excluding hydrogens is 164 g/mol. The molecule has 0 aromatic heterocycles. The van der Waals surface area contributed by atoms with Gasteiger partial charge in [-0.1, -0.05) is 0 Å². The Labute approximate surface area is 80.1 Å². The van der Waals surface area contributed by atoms with Crippen molar-refractivity contribution in [2.24, 2.45) is 5.92 Å². The Morgan fingerprint density at radius 3 is 2.69 bits per heavy atom. The van der Waals surface area contributed by atoms with E-state index in [1.165, 1.54) is 38.9 Å². The van der Waals surface area contributed by atoms with E-state index >= 15 is 0 Å². The summed E-state index contributed by atoms with van der Waals surface area (Å²) in [6, 6.07) is 0.799. The van der Waals surface area contributed by atoms with E-state index < -0.39 is 0 Å². The fourth-order valence-electron chi connectivity index (χ4n) is 2.19. The quantitative estimate of drug-likeness (QED) is 0.634. The molecule has 2 fully saturated rings. The fourth-order valence-corrected chi connectivity index (χ4v) is 2.19. The predicted molar refractivity (Wildman–Crippen MR) is 52.7 cm³/mol. The van der Waals surface area contributed by atoms with Gasteiger partial charge in [0.15, 0.2) is 0 Å². The molecule has 76 valence electrons.